The number of halogens is 2. The van der Waals surface area contributed by atoms with Gasteiger partial charge >= 0.3 is 0 Å². The SMILES string of the molecule is CNCc1cc2ccccc2n1Cc1cccc(F)c1Cl. The van der Waals surface area contributed by atoms with Crippen LogP contribution in [0.1, 0.15) is 11.3 Å². The molecule has 21 heavy (non-hydrogen) atoms. The van der Waals surface area contributed by atoms with E-state index in [4.69, 9.17) is 11.6 Å². The first-order valence-corrected chi connectivity index (χ1v) is 7.23. The van der Waals surface area contributed by atoms with Gasteiger partial charge < -0.3 is 9.88 Å². The fourth-order valence-corrected chi connectivity index (χ4v) is 2.81. The lowest BCUT2D eigenvalue weighted by molar-refractivity contribution is 0.623. The van der Waals surface area contributed by atoms with E-state index in [1.165, 1.54) is 11.5 Å². The Morgan fingerprint density at radius 3 is 2.76 bits per heavy atom. The summed E-state index contributed by atoms with van der Waals surface area (Å²) in [4.78, 5) is 0. The van der Waals surface area contributed by atoms with Crippen molar-refractivity contribution in [1.29, 1.82) is 0 Å². The summed E-state index contributed by atoms with van der Waals surface area (Å²) in [5.74, 6) is -0.374. The normalized spacial score (nSPS) is 11.2. The quantitative estimate of drug-likeness (QED) is 0.764. The summed E-state index contributed by atoms with van der Waals surface area (Å²) < 4.78 is 15.8. The summed E-state index contributed by atoms with van der Waals surface area (Å²) in [5.41, 5.74) is 3.07. The average Bonchev–Trinajstić information content (AvgIpc) is 2.82. The molecule has 0 bridgehead atoms. The molecule has 108 valence electrons. The van der Waals surface area contributed by atoms with Crippen LogP contribution in [0.2, 0.25) is 5.02 Å². The van der Waals surface area contributed by atoms with Crippen LogP contribution in [0.15, 0.2) is 48.5 Å². The Balaban J connectivity index is 2.10. The predicted molar refractivity (Wildman–Crippen MR) is 85.2 cm³/mol. The van der Waals surface area contributed by atoms with Crippen molar-refractivity contribution in [3.8, 4) is 0 Å². The number of aromatic nitrogens is 1. The fraction of sp³-hybridized carbons (Fsp3) is 0.176. The molecule has 0 amide bonds. The molecule has 0 aliphatic carbocycles. The summed E-state index contributed by atoms with van der Waals surface area (Å²) >= 11 is 6.09. The minimum absolute atomic E-state index is 0.200. The third kappa shape index (κ3) is 2.67. The molecule has 0 aliphatic rings. The first-order chi connectivity index (χ1) is 10.2. The minimum Gasteiger partial charge on any atom is -0.339 e. The molecule has 1 N–H and O–H groups in total. The Hall–Kier alpha value is -1.84. The Labute approximate surface area is 128 Å². The van der Waals surface area contributed by atoms with E-state index in [1.54, 1.807) is 6.07 Å². The van der Waals surface area contributed by atoms with Crippen LogP contribution < -0.4 is 5.32 Å². The molecule has 0 radical (unpaired) electrons. The Morgan fingerprint density at radius 2 is 1.95 bits per heavy atom. The van der Waals surface area contributed by atoms with Crippen LogP contribution in [0.3, 0.4) is 0 Å². The number of nitrogens with one attached hydrogen (secondary N) is 1. The third-order valence-corrected chi connectivity index (χ3v) is 4.04. The molecule has 0 atom stereocenters. The van der Waals surface area contributed by atoms with Crippen molar-refractivity contribution >= 4 is 22.5 Å². The summed E-state index contributed by atoms with van der Waals surface area (Å²) in [6, 6.07) is 15.3. The summed E-state index contributed by atoms with van der Waals surface area (Å²) in [5, 5.41) is 4.55. The number of nitrogens with zero attached hydrogens (tertiary/aromatic N) is 1. The highest BCUT2D eigenvalue weighted by atomic mass is 35.5. The monoisotopic (exact) mass is 302 g/mol. The maximum atomic E-state index is 13.6. The summed E-state index contributed by atoms with van der Waals surface area (Å²) in [6.45, 7) is 1.31. The topological polar surface area (TPSA) is 17.0 Å². The number of fused-ring (bicyclic) bond motifs is 1. The van der Waals surface area contributed by atoms with E-state index in [9.17, 15) is 4.39 Å². The van der Waals surface area contributed by atoms with Gasteiger partial charge in [0.05, 0.1) is 5.02 Å². The second-order valence-electron chi connectivity index (χ2n) is 5.02. The molecule has 1 aromatic heterocycles. The Morgan fingerprint density at radius 1 is 1.14 bits per heavy atom. The van der Waals surface area contributed by atoms with Crippen LogP contribution in [0.4, 0.5) is 4.39 Å². The first-order valence-electron chi connectivity index (χ1n) is 6.85. The molecule has 2 aromatic carbocycles. The number of benzene rings is 2. The van der Waals surface area contributed by atoms with Crippen LogP contribution in [-0.2, 0) is 13.1 Å². The Bertz CT molecular complexity index is 780. The van der Waals surface area contributed by atoms with Gasteiger partial charge in [0.25, 0.3) is 0 Å². The van der Waals surface area contributed by atoms with E-state index in [0.29, 0.717) is 6.54 Å². The van der Waals surface area contributed by atoms with Crippen LogP contribution in [0.25, 0.3) is 10.9 Å². The molecule has 3 aromatic rings. The zero-order chi connectivity index (χ0) is 14.8. The van der Waals surface area contributed by atoms with Crippen molar-refractivity contribution in [1.82, 2.24) is 9.88 Å². The second kappa shape index (κ2) is 5.88. The molecule has 3 rings (SSSR count). The van der Waals surface area contributed by atoms with Gasteiger partial charge in [0.2, 0.25) is 0 Å². The first kappa shape index (κ1) is 14.1. The van der Waals surface area contributed by atoms with Crippen molar-refractivity contribution in [2.75, 3.05) is 7.05 Å². The van der Waals surface area contributed by atoms with Gasteiger partial charge in [0.1, 0.15) is 5.82 Å². The zero-order valence-corrected chi connectivity index (χ0v) is 12.5. The smallest absolute Gasteiger partial charge is 0.142 e. The molecule has 0 saturated heterocycles. The van der Waals surface area contributed by atoms with Gasteiger partial charge in [-0.3, -0.25) is 0 Å². The lowest BCUT2D eigenvalue weighted by Gasteiger charge is -2.12. The minimum atomic E-state index is -0.374. The highest BCUT2D eigenvalue weighted by molar-refractivity contribution is 6.31. The number of para-hydroxylation sites is 1. The molecule has 0 saturated carbocycles. The van der Waals surface area contributed by atoms with E-state index in [2.05, 4.69) is 28.1 Å². The van der Waals surface area contributed by atoms with Crippen LogP contribution >= 0.6 is 11.6 Å². The van der Waals surface area contributed by atoms with Crippen molar-refractivity contribution in [3.63, 3.8) is 0 Å². The molecule has 0 unspecified atom stereocenters. The highest BCUT2D eigenvalue weighted by Gasteiger charge is 2.11. The summed E-state index contributed by atoms with van der Waals surface area (Å²) in [7, 11) is 1.91. The standard InChI is InChI=1S/C17H16ClFN2/c1-20-10-14-9-12-5-2-3-8-16(12)21(14)11-13-6-4-7-15(19)17(13)18/h2-9,20H,10-11H2,1H3. The average molecular weight is 303 g/mol. The number of hydrogen-bond donors (Lipinski definition) is 1. The molecule has 1 heterocycles. The maximum absolute atomic E-state index is 13.6. The van der Waals surface area contributed by atoms with Gasteiger partial charge in [0.15, 0.2) is 0 Å². The van der Waals surface area contributed by atoms with Gasteiger partial charge in [-0.25, -0.2) is 4.39 Å². The van der Waals surface area contributed by atoms with E-state index < -0.39 is 0 Å². The molecule has 0 fully saturated rings. The van der Waals surface area contributed by atoms with Crippen molar-refractivity contribution in [2.45, 2.75) is 13.1 Å². The number of hydrogen-bond acceptors (Lipinski definition) is 1. The van der Waals surface area contributed by atoms with Crippen molar-refractivity contribution < 1.29 is 4.39 Å². The summed E-state index contributed by atoms with van der Waals surface area (Å²) in [6.07, 6.45) is 0. The van der Waals surface area contributed by atoms with Gasteiger partial charge in [-0.15, -0.1) is 0 Å². The van der Waals surface area contributed by atoms with Gasteiger partial charge in [-0.05, 0) is 36.2 Å². The van der Waals surface area contributed by atoms with Crippen LogP contribution in [0, 0.1) is 5.82 Å². The lowest BCUT2D eigenvalue weighted by Crippen LogP contribution is -2.12. The highest BCUT2D eigenvalue weighted by Crippen LogP contribution is 2.25. The molecule has 2 nitrogen and oxygen atoms in total. The van der Waals surface area contributed by atoms with Gasteiger partial charge in [-0.2, -0.15) is 0 Å². The number of rotatable bonds is 4. The van der Waals surface area contributed by atoms with Crippen molar-refractivity contribution in [3.05, 3.63) is 70.6 Å². The Kier molecular flexibility index (Phi) is 3.95. The van der Waals surface area contributed by atoms with E-state index in [0.717, 1.165) is 23.3 Å². The van der Waals surface area contributed by atoms with Crippen molar-refractivity contribution in [2.24, 2.45) is 0 Å². The third-order valence-electron chi connectivity index (χ3n) is 3.61. The van der Waals surface area contributed by atoms with E-state index in [-0.39, 0.29) is 10.8 Å². The molecule has 4 heteroatoms. The predicted octanol–water partition coefficient (Wildman–Crippen LogP) is 4.20. The lowest BCUT2D eigenvalue weighted by atomic mass is 10.2. The molecular formula is C17H16ClFN2. The van der Waals surface area contributed by atoms with Crippen LogP contribution in [-0.4, -0.2) is 11.6 Å². The van der Waals surface area contributed by atoms with E-state index in [1.807, 2.05) is 25.2 Å². The second-order valence-corrected chi connectivity index (χ2v) is 5.40. The van der Waals surface area contributed by atoms with Crippen LogP contribution in [0.5, 0.6) is 0 Å². The van der Waals surface area contributed by atoms with Gasteiger partial charge in [0, 0.05) is 24.3 Å². The largest absolute Gasteiger partial charge is 0.339 e. The molecule has 0 spiro atoms. The maximum Gasteiger partial charge on any atom is 0.142 e. The molecular weight excluding hydrogens is 287 g/mol. The fourth-order valence-electron chi connectivity index (χ4n) is 2.62. The molecule has 0 aliphatic heterocycles. The zero-order valence-electron chi connectivity index (χ0n) is 11.7. The van der Waals surface area contributed by atoms with Gasteiger partial charge in [-0.1, -0.05) is 41.9 Å². The van der Waals surface area contributed by atoms with E-state index >= 15 is 0 Å².